The first-order valence-electron chi connectivity index (χ1n) is 6.80. The number of rotatable bonds is 4. The molecule has 0 radical (unpaired) electrons. The van der Waals surface area contributed by atoms with Gasteiger partial charge in [0.15, 0.2) is 0 Å². The van der Waals surface area contributed by atoms with E-state index in [2.05, 4.69) is 20.8 Å². The molecule has 1 heterocycles. The average Bonchev–Trinajstić information content (AvgIpc) is 2.30. The molecule has 0 N–H and O–H groups in total. The lowest BCUT2D eigenvalue weighted by Gasteiger charge is -2.41. The van der Waals surface area contributed by atoms with Crippen LogP contribution < -0.4 is 0 Å². The first-order valence-corrected chi connectivity index (χ1v) is 6.80. The highest BCUT2D eigenvalue weighted by molar-refractivity contribution is 4.84. The third-order valence-corrected chi connectivity index (χ3v) is 3.62. The largest absolute Gasteiger partial charge is 0.381 e. The Bertz CT molecular complexity index is 144. The van der Waals surface area contributed by atoms with Crippen LogP contribution in [0.15, 0.2) is 0 Å². The van der Waals surface area contributed by atoms with Gasteiger partial charge in [0.2, 0.25) is 0 Å². The lowest BCUT2D eigenvalue weighted by molar-refractivity contribution is -0.0486. The zero-order valence-electron chi connectivity index (χ0n) is 11.4. The number of hydrogen-bond acceptors (Lipinski definition) is 1. The van der Waals surface area contributed by atoms with Crippen molar-refractivity contribution in [3.8, 4) is 0 Å². The van der Waals surface area contributed by atoms with Crippen molar-refractivity contribution in [2.45, 2.75) is 66.7 Å². The SMILES string of the molecule is CC.CCCCC1(C)COCCC1CC. The molecule has 15 heavy (non-hydrogen) atoms. The van der Waals surface area contributed by atoms with Gasteiger partial charge in [0.25, 0.3) is 0 Å². The third-order valence-electron chi connectivity index (χ3n) is 3.62. The van der Waals surface area contributed by atoms with E-state index < -0.39 is 0 Å². The zero-order valence-corrected chi connectivity index (χ0v) is 11.4. The van der Waals surface area contributed by atoms with Crippen molar-refractivity contribution in [3.05, 3.63) is 0 Å². The summed E-state index contributed by atoms with van der Waals surface area (Å²) in [6.07, 6.45) is 6.62. The molecule has 1 saturated heterocycles. The van der Waals surface area contributed by atoms with E-state index in [0.717, 1.165) is 19.1 Å². The van der Waals surface area contributed by atoms with Crippen molar-refractivity contribution in [2.24, 2.45) is 11.3 Å². The summed E-state index contributed by atoms with van der Waals surface area (Å²) in [5.74, 6) is 0.896. The fourth-order valence-electron chi connectivity index (χ4n) is 2.55. The third kappa shape index (κ3) is 4.55. The second-order valence-electron chi connectivity index (χ2n) is 4.70. The Balaban J connectivity index is 0.000000921. The summed E-state index contributed by atoms with van der Waals surface area (Å²) in [5.41, 5.74) is 0.475. The van der Waals surface area contributed by atoms with Gasteiger partial charge in [0, 0.05) is 6.61 Å². The predicted octanol–water partition coefficient (Wildman–Crippen LogP) is 4.66. The highest BCUT2D eigenvalue weighted by atomic mass is 16.5. The minimum Gasteiger partial charge on any atom is -0.381 e. The van der Waals surface area contributed by atoms with Crippen LogP contribution in [0.4, 0.5) is 0 Å². The van der Waals surface area contributed by atoms with Gasteiger partial charge in [0.05, 0.1) is 6.61 Å². The molecule has 0 aromatic heterocycles. The lowest BCUT2D eigenvalue weighted by Crippen LogP contribution is -2.37. The van der Waals surface area contributed by atoms with Crippen LogP contribution in [0, 0.1) is 11.3 Å². The number of hydrogen-bond donors (Lipinski definition) is 0. The first-order chi connectivity index (χ1) is 7.23. The van der Waals surface area contributed by atoms with Gasteiger partial charge in [-0.1, -0.05) is 53.9 Å². The second-order valence-corrected chi connectivity index (χ2v) is 4.70. The molecule has 1 nitrogen and oxygen atoms in total. The lowest BCUT2D eigenvalue weighted by atomic mass is 9.70. The van der Waals surface area contributed by atoms with Crippen molar-refractivity contribution in [1.82, 2.24) is 0 Å². The summed E-state index contributed by atoms with van der Waals surface area (Å²) in [7, 11) is 0. The van der Waals surface area contributed by atoms with E-state index in [4.69, 9.17) is 4.74 Å². The van der Waals surface area contributed by atoms with Crippen molar-refractivity contribution < 1.29 is 4.74 Å². The van der Waals surface area contributed by atoms with E-state index in [1.807, 2.05) is 13.8 Å². The molecule has 0 bridgehead atoms. The smallest absolute Gasteiger partial charge is 0.0522 e. The van der Waals surface area contributed by atoms with Gasteiger partial charge in [0.1, 0.15) is 0 Å². The summed E-state index contributed by atoms with van der Waals surface area (Å²) in [6.45, 7) is 13.0. The van der Waals surface area contributed by atoms with Crippen molar-refractivity contribution in [2.75, 3.05) is 13.2 Å². The van der Waals surface area contributed by atoms with Crippen molar-refractivity contribution in [1.29, 1.82) is 0 Å². The Hall–Kier alpha value is -0.0400. The zero-order chi connectivity index (χ0) is 11.7. The standard InChI is InChI=1S/C12H24O.C2H6/c1-4-6-8-12(3)10-13-9-7-11(12)5-2;1-2/h11H,4-10H2,1-3H3;1-2H3. The summed E-state index contributed by atoms with van der Waals surface area (Å²) in [5, 5.41) is 0. The molecule has 0 aliphatic carbocycles. The van der Waals surface area contributed by atoms with E-state index in [-0.39, 0.29) is 0 Å². The maximum Gasteiger partial charge on any atom is 0.0522 e. The molecule has 0 aromatic carbocycles. The normalized spacial score (nSPS) is 30.6. The Kier molecular flexibility index (Phi) is 8.13. The number of ether oxygens (including phenoxy) is 1. The minimum absolute atomic E-state index is 0.475. The van der Waals surface area contributed by atoms with Gasteiger partial charge in [-0.25, -0.2) is 0 Å². The predicted molar refractivity (Wildman–Crippen MR) is 68.2 cm³/mol. The maximum atomic E-state index is 5.61. The molecule has 0 saturated carbocycles. The molecular formula is C14H30O. The molecule has 2 unspecified atom stereocenters. The molecule has 1 heteroatoms. The quantitative estimate of drug-likeness (QED) is 0.661. The summed E-state index contributed by atoms with van der Waals surface area (Å²) >= 11 is 0. The molecule has 1 aliphatic rings. The van der Waals surface area contributed by atoms with E-state index in [1.165, 1.54) is 32.1 Å². The molecule has 0 spiro atoms. The average molecular weight is 214 g/mol. The van der Waals surface area contributed by atoms with Crippen LogP contribution in [0.5, 0.6) is 0 Å². The van der Waals surface area contributed by atoms with Crippen LogP contribution in [0.1, 0.15) is 66.7 Å². The Morgan fingerprint density at radius 3 is 2.47 bits per heavy atom. The molecule has 2 atom stereocenters. The molecule has 92 valence electrons. The van der Waals surface area contributed by atoms with Crippen molar-refractivity contribution in [3.63, 3.8) is 0 Å². The van der Waals surface area contributed by atoms with Crippen LogP contribution in [0.25, 0.3) is 0 Å². The minimum atomic E-state index is 0.475. The highest BCUT2D eigenvalue weighted by Gasteiger charge is 2.35. The fraction of sp³-hybridized carbons (Fsp3) is 1.00. The van der Waals surface area contributed by atoms with Gasteiger partial charge in [-0.2, -0.15) is 0 Å². The highest BCUT2D eigenvalue weighted by Crippen LogP contribution is 2.40. The van der Waals surface area contributed by atoms with Gasteiger partial charge in [-0.3, -0.25) is 0 Å². The first kappa shape index (κ1) is 15.0. The molecule has 1 fully saturated rings. The van der Waals surface area contributed by atoms with Crippen LogP contribution in [-0.4, -0.2) is 13.2 Å². The van der Waals surface area contributed by atoms with Crippen molar-refractivity contribution >= 4 is 0 Å². The molecule has 0 aromatic rings. The van der Waals surface area contributed by atoms with Gasteiger partial charge >= 0.3 is 0 Å². The number of unbranched alkanes of at least 4 members (excludes halogenated alkanes) is 1. The monoisotopic (exact) mass is 214 g/mol. The molecule has 0 amide bonds. The van der Waals surface area contributed by atoms with E-state index in [1.54, 1.807) is 0 Å². The van der Waals surface area contributed by atoms with Gasteiger partial charge < -0.3 is 4.74 Å². The molecule has 1 aliphatic heterocycles. The second kappa shape index (κ2) is 8.15. The van der Waals surface area contributed by atoms with E-state index in [9.17, 15) is 0 Å². The fourth-order valence-corrected chi connectivity index (χ4v) is 2.55. The van der Waals surface area contributed by atoms with Gasteiger partial charge in [-0.05, 0) is 24.2 Å². The van der Waals surface area contributed by atoms with Crippen LogP contribution in [-0.2, 0) is 4.74 Å². The summed E-state index contributed by atoms with van der Waals surface area (Å²) < 4.78 is 5.61. The topological polar surface area (TPSA) is 9.23 Å². The van der Waals surface area contributed by atoms with Crippen LogP contribution in [0.2, 0.25) is 0 Å². The Morgan fingerprint density at radius 2 is 1.93 bits per heavy atom. The van der Waals surface area contributed by atoms with E-state index >= 15 is 0 Å². The van der Waals surface area contributed by atoms with E-state index in [0.29, 0.717) is 5.41 Å². The Labute approximate surface area is 96.6 Å². The molecule has 1 rings (SSSR count). The Morgan fingerprint density at radius 1 is 1.27 bits per heavy atom. The summed E-state index contributed by atoms with van der Waals surface area (Å²) in [6, 6.07) is 0. The van der Waals surface area contributed by atoms with Crippen LogP contribution in [0.3, 0.4) is 0 Å². The maximum absolute atomic E-state index is 5.61. The van der Waals surface area contributed by atoms with Gasteiger partial charge in [-0.15, -0.1) is 0 Å². The molecular weight excluding hydrogens is 184 g/mol. The van der Waals surface area contributed by atoms with Crippen LogP contribution >= 0.6 is 0 Å². The summed E-state index contributed by atoms with van der Waals surface area (Å²) in [4.78, 5) is 0.